The third kappa shape index (κ3) is 1.94. The van der Waals surface area contributed by atoms with Crippen molar-refractivity contribution < 1.29 is 4.79 Å². The van der Waals surface area contributed by atoms with E-state index in [4.69, 9.17) is 0 Å². The number of aromatic nitrogens is 1. The second kappa shape index (κ2) is 4.73. The van der Waals surface area contributed by atoms with Gasteiger partial charge >= 0.3 is 0 Å². The Bertz CT molecular complexity index is 546. The second-order valence-corrected chi connectivity index (χ2v) is 5.39. The van der Waals surface area contributed by atoms with E-state index in [9.17, 15) is 10.1 Å². The molecule has 0 spiro atoms. The molecule has 0 N–H and O–H groups in total. The minimum absolute atomic E-state index is 0.0333. The van der Waals surface area contributed by atoms with Crippen molar-refractivity contribution in [2.45, 2.75) is 52.1 Å². The van der Waals surface area contributed by atoms with E-state index in [1.165, 1.54) is 0 Å². The Labute approximate surface area is 114 Å². The number of aryl methyl sites for hydroxylation is 1. The quantitative estimate of drug-likeness (QED) is 0.837. The van der Waals surface area contributed by atoms with Crippen molar-refractivity contribution in [3.8, 4) is 6.07 Å². The van der Waals surface area contributed by atoms with Gasteiger partial charge in [0, 0.05) is 25.0 Å². The van der Waals surface area contributed by atoms with Crippen LogP contribution in [0.5, 0.6) is 0 Å². The molecule has 4 nitrogen and oxygen atoms in total. The van der Waals surface area contributed by atoms with Gasteiger partial charge in [-0.25, -0.2) is 0 Å². The van der Waals surface area contributed by atoms with Crippen LogP contribution in [-0.2, 0) is 6.54 Å². The highest BCUT2D eigenvalue weighted by atomic mass is 16.2. The molecule has 2 rings (SSSR count). The molecule has 19 heavy (non-hydrogen) atoms. The highest BCUT2D eigenvalue weighted by Gasteiger charge is 2.44. The molecule has 1 aliphatic carbocycles. The van der Waals surface area contributed by atoms with E-state index in [1.807, 2.05) is 19.9 Å². The van der Waals surface area contributed by atoms with Crippen LogP contribution < -0.4 is 0 Å². The molecule has 0 saturated heterocycles. The molecule has 0 aromatic carbocycles. The smallest absolute Gasteiger partial charge is 0.256 e. The second-order valence-electron chi connectivity index (χ2n) is 5.39. The van der Waals surface area contributed by atoms with Crippen molar-refractivity contribution in [2.75, 3.05) is 7.05 Å². The number of hydrogen-bond acceptors (Lipinski definition) is 2. The highest BCUT2D eigenvalue weighted by Crippen LogP contribution is 2.37. The number of hydrogen-bond donors (Lipinski definition) is 0. The summed E-state index contributed by atoms with van der Waals surface area (Å²) >= 11 is 0. The van der Waals surface area contributed by atoms with Gasteiger partial charge in [0.15, 0.2) is 0 Å². The number of carbonyl (C=O) groups is 1. The first-order chi connectivity index (χ1) is 8.96. The maximum absolute atomic E-state index is 12.6. The summed E-state index contributed by atoms with van der Waals surface area (Å²) in [5, 5.41) is 9.33. The maximum atomic E-state index is 12.6. The van der Waals surface area contributed by atoms with Gasteiger partial charge in [-0.2, -0.15) is 5.26 Å². The van der Waals surface area contributed by atoms with Gasteiger partial charge in [-0.05, 0) is 46.1 Å². The van der Waals surface area contributed by atoms with E-state index in [1.54, 1.807) is 11.9 Å². The Morgan fingerprint density at radius 1 is 1.53 bits per heavy atom. The van der Waals surface area contributed by atoms with E-state index in [0.717, 1.165) is 42.8 Å². The number of amides is 1. The van der Waals surface area contributed by atoms with Crippen molar-refractivity contribution in [1.82, 2.24) is 9.47 Å². The molecule has 0 aliphatic heterocycles. The fourth-order valence-corrected chi connectivity index (χ4v) is 2.91. The molecular weight excluding hydrogens is 238 g/mol. The lowest BCUT2D eigenvalue weighted by Gasteiger charge is -2.42. The third-order valence-electron chi connectivity index (χ3n) is 4.46. The molecule has 102 valence electrons. The van der Waals surface area contributed by atoms with Gasteiger partial charge in [-0.15, -0.1) is 0 Å². The van der Waals surface area contributed by atoms with Crippen molar-refractivity contribution in [3.63, 3.8) is 0 Å². The van der Waals surface area contributed by atoms with Gasteiger partial charge in [0.1, 0.15) is 5.54 Å². The first kappa shape index (κ1) is 13.7. The van der Waals surface area contributed by atoms with E-state index in [-0.39, 0.29) is 5.91 Å². The maximum Gasteiger partial charge on any atom is 0.256 e. The van der Waals surface area contributed by atoms with Gasteiger partial charge in [-0.1, -0.05) is 0 Å². The molecule has 1 amide bonds. The lowest BCUT2D eigenvalue weighted by Crippen LogP contribution is -2.53. The summed E-state index contributed by atoms with van der Waals surface area (Å²) < 4.78 is 2.13. The van der Waals surface area contributed by atoms with Gasteiger partial charge in [-0.3, -0.25) is 4.79 Å². The van der Waals surface area contributed by atoms with Crippen LogP contribution >= 0.6 is 0 Å². The van der Waals surface area contributed by atoms with Crippen molar-refractivity contribution in [3.05, 3.63) is 23.0 Å². The van der Waals surface area contributed by atoms with E-state index in [2.05, 4.69) is 17.6 Å². The van der Waals surface area contributed by atoms with Crippen molar-refractivity contribution >= 4 is 5.91 Å². The summed E-state index contributed by atoms with van der Waals surface area (Å²) in [4.78, 5) is 14.2. The van der Waals surface area contributed by atoms with Crippen LogP contribution in [0, 0.1) is 25.2 Å². The molecule has 1 fully saturated rings. The lowest BCUT2D eigenvalue weighted by atomic mass is 9.76. The van der Waals surface area contributed by atoms with Gasteiger partial charge in [0.2, 0.25) is 0 Å². The zero-order valence-electron chi connectivity index (χ0n) is 12.2. The summed E-state index contributed by atoms with van der Waals surface area (Å²) in [6, 6.07) is 4.25. The molecular formula is C15H21N3O. The Balaban J connectivity index is 2.33. The zero-order valence-corrected chi connectivity index (χ0v) is 12.2. The average molecular weight is 259 g/mol. The van der Waals surface area contributed by atoms with Crippen LogP contribution in [0.15, 0.2) is 6.07 Å². The molecule has 0 radical (unpaired) electrons. The van der Waals surface area contributed by atoms with Crippen LogP contribution in [0.3, 0.4) is 0 Å². The Morgan fingerprint density at radius 2 is 2.16 bits per heavy atom. The Morgan fingerprint density at radius 3 is 2.53 bits per heavy atom. The SMILES string of the molecule is CCn1c(C)cc(C(=O)N(C)C2(C#N)CCC2)c1C. The van der Waals surface area contributed by atoms with Crippen molar-refractivity contribution in [2.24, 2.45) is 0 Å². The molecule has 4 heteroatoms. The minimum atomic E-state index is -0.578. The molecule has 1 aromatic heterocycles. The molecule has 0 atom stereocenters. The van der Waals surface area contributed by atoms with Crippen molar-refractivity contribution in [1.29, 1.82) is 5.26 Å². The summed E-state index contributed by atoms with van der Waals surface area (Å²) in [7, 11) is 1.75. The number of carbonyl (C=O) groups excluding carboxylic acids is 1. The third-order valence-corrected chi connectivity index (χ3v) is 4.46. The monoisotopic (exact) mass is 259 g/mol. The molecule has 1 aromatic rings. The minimum Gasteiger partial charge on any atom is -0.349 e. The van der Waals surface area contributed by atoms with Gasteiger partial charge in [0.05, 0.1) is 11.6 Å². The highest BCUT2D eigenvalue weighted by molar-refractivity contribution is 5.96. The van der Waals surface area contributed by atoms with Gasteiger partial charge in [0.25, 0.3) is 5.91 Å². The molecule has 1 saturated carbocycles. The first-order valence-electron chi connectivity index (χ1n) is 6.83. The normalized spacial score (nSPS) is 16.6. The van der Waals surface area contributed by atoms with Crippen LogP contribution in [0.2, 0.25) is 0 Å². The average Bonchev–Trinajstić information content (AvgIpc) is 2.62. The predicted molar refractivity (Wildman–Crippen MR) is 73.9 cm³/mol. The predicted octanol–water partition coefficient (Wildman–Crippen LogP) is 2.64. The van der Waals surface area contributed by atoms with Crippen LogP contribution in [-0.4, -0.2) is 28.0 Å². The molecule has 1 aliphatic rings. The Hall–Kier alpha value is -1.76. The summed E-state index contributed by atoms with van der Waals surface area (Å²) in [5.41, 5.74) is 2.23. The molecule has 1 heterocycles. The fourth-order valence-electron chi connectivity index (χ4n) is 2.91. The zero-order chi connectivity index (χ0) is 14.2. The molecule has 0 bridgehead atoms. The standard InChI is InChI=1S/C15H21N3O/c1-5-18-11(2)9-13(12(18)3)14(19)17(4)15(10-16)7-6-8-15/h9H,5-8H2,1-4H3. The summed E-state index contributed by atoms with van der Waals surface area (Å²) in [6.07, 6.45) is 2.61. The van der Waals surface area contributed by atoms with Gasteiger partial charge < -0.3 is 9.47 Å². The number of rotatable bonds is 3. The Kier molecular flexibility index (Phi) is 3.40. The van der Waals surface area contributed by atoms with Crippen LogP contribution in [0.25, 0.3) is 0 Å². The van der Waals surface area contributed by atoms with E-state index >= 15 is 0 Å². The van der Waals surface area contributed by atoms with E-state index < -0.39 is 5.54 Å². The topological polar surface area (TPSA) is 49.0 Å². The molecule has 0 unspecified atom stereocenters. The largest absolute Gasteiger partial charge is 0.349 e. The lowest BCUT2D eigenvalue weighted by molar-refractivity contribution is 0.0497. The van der Waals surface area contributed by atoms with E-state index in [0.29, 0.717) is 0 Å². The van der Waals surface area contributed by atoms with Crippen LogP contribution in [0.1, 0.15) is 47.9 Å². The van der Waals surface area contributed by atoms with Crippen LogP contribution in [0.4, 0.5) is 0 Å². The first-order valence-corrected chi connectivity index (χ1v) is 6.83. The summed E-state index contributed by atoms with van der Waals surface area (Å²) in [6.45, 7) is 6.91. The summed E-state index contributed by atoms with van der Waals surface area (Å²) in [5.74, 6) is -0.0333. The number of nitriles is 1. The number of nitrogens with zero attached hydrogens (tertiary/aromatic N) is 3. The fraction of sp³-hybridized carbons (Fsp3) is 0.600.